The molecule has 2 aliphatic rings. The van der Waals surface area contributed by atoms with E-state index in [0.29, 0.717) is 30.8 Å². The van der Waals surface area contributed by atoms with Crippen molar-refractivity contribution in [2.45, 2.75) is 69.2 Å². The first-order valence-corrected chi connectivity index (χ1v) is 15.1. The van der Waals surface area contributed by atoms with E-state index in [0.717, 1.165) is 62.5 Å². The Morgan fingerprint density at radius 1 is 0.854 bits per heavy atom. The maximum Gasteiger partial charge on any atom is 0.257 e. The van der Waals surface area contributed by atoms with Crippen molar-refractivity contribution in [1.82, 2.24) is 9.80 Å². The predicted octanol–water partition coefficient (Wildman–Crippen LogP) is 6.80. The van der Waals surface area contributed by atoms with Gasteiger partial charge in [-0.2, -0.15) is 0 Å². The van der Waals surface area contributed by atoms with E-state index in [4.69, 9.17) is 4.74 Å². The molecule has 0 aromatic heterocycles. The molecule has 0 radical (unpaired) electrons. The van der Waals surface area contributed by atoms with Crippen molar-refractivity contribution in [3.63, 3.8) is 0 Å². The first-order valence-electron chi connectivity index (χ1n) is 15.1. The normalized spacial score (nSPS) is 20.1. The minimum Gasteiger partial charge on any atom is -0.491 e. The standard InChI is InChI=1S/C35H41FN2O3/c1-37-23-11-2-3-12-24-38(34(40)35(21-9-10-22-35)28-17-19-29(36)20-18-28)30(25-27-13-5-4-6-14-27)26-41-32-16-8-7-15-31(32)33(37)39/h4-8,13-20,30H,2-3,9-12,21-26H2,1H3/t30-/m1/s1. The highest BCUT2D eigenvalue weighted by Gasteiger charge is 2.46. The zero-order chi connectivity index (χ0) is 28.7. The Labute approximate surface area is 243 Å². The van der Waals surface area contributed by atoms with Gasteiger partial charge in [-0.25, -0.2) is 4.39 Å². The van der Waals surface area contributed by atoms with Crippen molar-refractivity contribution in [2.24, 2.45) is 0 Å². The number of hydrogen-bond donors (Lipinski definition) is 0. The maximum absolute atomic E-state index is 14.8. The highest BCUT2D eigenvalue weighted by molar-refractivity contribution is 5.96. The van der Waals surface area contributed by atoms with Crippen LogP contribution >= 0.6 is 0 Å². The van der Waals surface area contributed by atoms with Crippen LogP contribution in [0.15, 0.2) is 78.9 Å². The van der Waals surface area contributed by atoms with Crippen LogP contribution in [0.2, 0.25) is 0 Å². The quantitative estimate of drug-likeness (QED) is 0.355. The van der Waals surface area contributed by atoms with Gasteiger partial charge in [-0.1, -0.05) is 80.3 Å². The third-order valence-electron chi connectivity index (χ3n) is 8.82. The number of para-hydroxylation sites is 1. The lowest BCUT2D eigenvalue weighted by Crippen LogP contribution is -2.53. The molecule has 3 aromatic carbocycles. The first kappa shape index (κ1) is 28.8. The minimum atomic E-state index is -0.662. The molecule has 1 atom stereocenters. The molecule has 6 heteroatoms. The number of ether oxygens (including phenoxy) is 1. The molecule has 41 heavy (non-hydrogen) atoms. The molecule has 1 aliphatic carbocycles. The minimum absolute atomic E-state index is 0.0496. The lowest BCUT2D eigenvalue weighted by Gasteiger charge is -2.40. The summed E-state index contributed by atoms with van der Waals surface area (Å²) in [5, 5.41) is 0. The summed E-state index contributed by atoms with van der Waals surface area (Å²) in [6.07, 6.45) is 7.86. The molecule has 0 spiro atoms. The fourth-order valence-corrected chi connectivity index (χ4v) is 6.49. The molecular weight excluding hydrogens is 515 g/mol. The SMILES string of the molecule is CN1CCCCCCN(C(=O)C2(c3ccc(F)cc3)CCCC2)[C@H](Cc2ccccc2)COc2ccccc2C1=O. The van der Waals surface area contributed by atoms with Crippen LogP contribution in [0.4, 0.5) is 4.39 Å². The summed E-state index contributed by atoms with van der Waals surface area (Å²) in [6.45, 7) is 1.59. The second-order valence-corrected chi connectivity index (χ2v) is 11.6. The Hall–Kier alpha value is -3.67. The van der Waals surface area contributed by atoms with Gasteiger partial charge >= 0.3 is 0 Å². The highest BCUT2D eigenvalue weighted by Crippen LogP contribution is 2.43. The van der Waals surface area contributed by atoms with Crippen LogP contribution in [-0.2, 0) is 16.6 Å². The summed E-state index contributed by atoms with van der Waals surface area (Å²) in [5.41, 5.74) is 1.91. The van der Waals surface area contributed by atoms with E-state index in [2.05, 4.69) is 17.0 Å². The van der Waals surface area contributed by atoms with E-state index >= 15 is 0 Å². The summed E-state index contributed by atoms with van der Waals surface area (Å²) in [6, 6.07) is 23.9. The van der Waals surface area contributed by atoms with Gasteiger partial charge in [0, 0.05) is 20.1 Å². The number of rotatable bonds is 4. The van der Waals surface area contributed by atoms with Crippen LogP contribution in [0.5, 0.6) is 5.75 Å². The van der Waals surface area contributed by atoms with Gasteiger partial charge in [0.2, 0.25) is 5.91 Å². The Kier molecular flexibility index (Phi) is 9.38. The number of carbonyl (C=O) groups is 2. The Morgan fingerprint density at radius 2 is 1.51 bits per heavy atom. The van der Waals surface area contributed by atoms with Gasteiger partial charge in [-0.15, -0.1) is 0 Å². The molecule has 0 N–H and O–H groups in total. The van der Waals surface area contributed by atoms with Crippen molar-refractivity contribution in [3.8, 4) is 5.75 Å². The van der Waals surface area contributed by atoms with E-state index in [-0.39, 0.29) is 30.3 Å². The van der Waals surface area contributed by atoms with Crippen molar-refractivity contribution in [1.29, 1.82) is 0 Å². The van der Waals surface area contributed by atoms with Gasteiger partial charge in [-0.05, 0) is 67.5 Å². The molecule has 0 bridgehead atoms. The molecule has 1 aliphatic heterocycles. The number of fused-ring (bicyclic) bond motifs is 1. The molecule has 1 fully saturated rings. The monoisotopic (exact) mass is 556 g/mol. The lowest BCUT2D eigenvalue weighted by atomic mass is 9.77. The number of halogens is 1. The molecule has 3 aromatic rings. The fraction of sp³-hybridized carbons (Fsp3) is 0.429. The molecule has 1 saturated carbocycles. The van der Waals surface area contributed by atoms with Gasteiger partial charge in [0.15, 0.2) is 0 Å². The second-order valence-electron chi connectivity index (χ2n) is 11.6. The van der Waals surface area contributed by atoms with Crippen LogP contribution in [0.25, 0.3) is 0 Å². The molecular formula is C35H41FN2O3. The Balaban J connectivity index is 1.53. The van der Waals surface area contributed by atoms with Crippen LogP contribution in [-0.4, -0.2) is 54.4 Å². The third kappa shape index (κ3) is 6.64. The van der Waals surface area contributed by atoms with Crippen LogP contribution in [0.3, 0.4) is 0 Å². The van der Waals surface area contributed by atoms with E-state index in [1.165, 1.54) is 12.1 Å². The predicted molar refractivity (Wildman–Crippen MR) is 160 cm³/mol. The van der Waals surface area contributed by atoms with Crippen molar-refractivity contribution < 1.29 is 18.7 Å². The van der Waals surface area contributed by atoms with Gasteiger partial charge < -0.3 is 14.5 Å². The summed E-state index contributed by atoms with van der Waals surface area (Å²) >= 11 is 0. The first-order chi connectivity index (χ1) is 20.0. The molecule has 0 unspecified atom stereocenters. The smallest absolute Gasteiger partial charge is 0.257 e. The molecule has 1 heterocycles. The summed E-state index contributed by atoms with van der Waals surface area (Å²) in [7, 11) is 1.85. The zero-order valence-corrected chi connectivity index (χ0v) is 24.1. The van der Waals surface area contributed by atoms with Gasteiger partial charge in [-0.3, -0.25) is 9.59 Å². The van der Waals surface area contributed by atoms with Crippen molar-refractivity contribution >= 4 is 11.8 Å². The lowest BCUT2D eigenvalue weighted by molar-refractivity contribution is -0.140. The maximum atomic E-state index is 14.8. The van der Waals surface area contributed by atoms with E-state index in [1.54, 1.807) is 17.0 Å². The van der Waals surface area contributed by atoms with Gasteiger partial charge in [0.05, 0.1) is 17.0 Å². The van der Waals surface area contributed by atoms with E-state index < -0.39 is 5.41 Å². The summed E-state index contributed by atoms with van der Waals surface area (Å²) < 4.78 is 20.4. The summed E-state index contributed by atoms with van der Waals surface area (Å²) in [4.78, 5) is 31.9. The molecule has 5 nitrogen and oxygen atoms in total. The number of hydrogen-bond acceptors (Lipinski definition) is 3. The van der Waals surface area contributed by atoms with E-state index in [9.17, 15) is 14.0 Å². The second kappa shape index (κ2) is 13.3. The number of carbonyl (C=O) groups excluding carboxylic acids is 2. The molecule has 0 saturated heterocycles. The summed E-state index contributed by atoms with van der Waals surface area (Å²) in [5.74, 6) is 0.316. The molecule has 216 valence electrons. The van der Waals surface area contributed by atoms with Crippen LogP contribution < -0.4 is 4.74 Å². The molecule has 5 rings (SSSR count). The Bertz CT molecular complexity index is 1300. The van der Waals surface area contributed by atoms with Gasteiger partial charge in [0.1, 0.15) is 18.2 Å². The fourth-order valence-electron chi connectivity index (χ4n) is 6.49. The van der Waals surface area contributed by atoms with Gasteiger partial charge in [0.25, 0.3) is 5.91 Å². The van der Waals surface area contributed by atoms with E-state index in [1.807, 2.05) is 49.5 Å². The van der Waals surface area contributed by atoms with Crippen LogP contribution in [0, 0.1) is 5.82 Å². The topological polar surface area (TPSA) is 49.9 Å². The largest absolute Gasteiger partial charge is 0.491 e. The Morgan fingerprint density at radius 3 is 2.24 bits per heavy atom. The van der Waals surface area contributed by atoms with Crippen molar-refractivity contribution in [2.75, 3.05) is 26.7 Å². The number of amides is 2. The average Bonchev–Trinajstić information content (AvgIpc) is 3.50. The molecule has 2 amide bonds. The third-order valence-corrected chi connectivity index (χ3v) is 8.82. The highest BCUT2D eigenvalue weighted by atomic mass is 19.1. The van der Waals surface area contributed by atoms with Crippen LogP contribution in [0.1, 0.15) is 72.9 Å². The number of benzene rings is 3. The average molecular weight is 557 g/mol. The zero-order valence-electron chi connectivity index (χ0n) is 24.1. The van der Waals surface area contributed by atoms with Crippen molar-refractivity contribution in [3.05, 3.63) is 101 Å². The number of nitrogens with zero attached hydrogens (tertiary/aromatic N) is 2.